The molecule has 132 valence electrons. The van der Waals surface area contributed by atoms with Crippen LogP contribution in [-0.2, 0) is 4.79 Å². The predicted molar refractivity (Wildman–Crippen MR) is 100 cm³/mol. The van der Waals surface area contributed by atoms with Gasteiger partial charge in [-0.1, -0.05) is 23.7 Å². The molecule has 6 nitrogen and oxygen atoms in total. The van der Waals surface area contributed by atoms with E-state index in [0.717, 1.165) is 0 Å². The van der Waals surface area contributed by atoms with Crippen LogP contribution in [0.1, 0.15) is 17.3 Å². The zero-order chi connectivity index (χ0) is 19.1. The summed E-state index contributed by atoms with van der Waals surface area (Å²) in [5, 5.41) is 15.0. The molecular weight excluding hydrogens is 354 g/mol. The molecule has 0 saturated heterocycles. The van der Waals surface area contributed by atoms with Gasteiger partial charge in [0.15, 0.2) is 5.78 Å². The molecule has 0 saturated carbocycles. The molecule has 0 bridgehead atoms. The zero-order valence-corrected chi connectivity index (χ0v) is 14.9. The largest absolute Gasteiger partial charge is 0.495 e. The van der Waals surface area contributed by atoms with Gasteiger partial charge in [0, 0.05) is 23.1 Å². The lowest BCUT2D eigenvalue weighted by atomic mass is 10.1. The number of carbonyl (C=O) groups is 2. The number of amides is 1. The molecule has 1 amide bonds. The summed E-state index contributed by atoms with van der Waals surface area (Å²) in [4.78, 5) is 23.6. The van der Waals surface area contributed by atoms with Gasteiger partial charge in [-0.15, -0.1) is 0 Å². The fourth-order valence-corrected chi connectivity index (χ4v) is 2.33. The number of anilines is 2. The van der Waals surface area contributed by atoms with Crippen molar-refractivity contribution in [2.45, 2.75) is 6.92 Å². The lowest BCUT2D eigenvalue weighted by molar-refractivity contribution is -0.112. The number of benzene rings is 2. The van der Waals surface area contributed by atoms with E-state index >= 15 is 0 Å². The monoisotopic (exact) mass is 369 g/mol. The first-order valence-corrected chi connectivity index (χ1v) is 7.95. The van der Waals surface area contributed by atoms with Crippen LogP contribution in [0.4, 0.5) is 11.4 Å². The minimum atomic E-state index is -0.597. The molecule has 0 atom stereocenters. The Morgan fingerprint density at radius 1 is 1.19 bits per heavy atom. The molecule has 0 fully saturated rings. The summed E-state index contributed by atoms with van der Waals surface area (Å²) in [5.41, 5.74) is 1.35. The summed E-state index contributed by atoms with van der Waals surface area (Å²) in [5.74, 6) is -0.194. The SMILES string of the molecule is COc1ccc(N/C=C(/C#N)C(=O)Nc2cccc(C(C)=O)c2)cc1Cl. The molecule has 0 spiro atoms. The topological polar surface area (TPSA) is 91.2 Å². The van der Waals surface area contributed by atoms with Crippen molar-refractivity contribution in [3.8, 4) is 11.8 Å². The minimum absolute atomic E-state index is 0.116. The molecule has 0 radical (unpaired) electrons. The van der Waals surface area contributed by atoms with Gasteiger partial charge in [-0.05, 0) is 37.3 Å². The number of Topliss-reactive ketones (excluding diaryl/α,β-unsaturated/α-hetero) is 1. The van der Waals surface area contributed by atoms with E-state index < -0.39 is 5.91 Å². The third-order valence-electron chi connectivity index (χ3n) is 3.43. The number of hydrogen-bond donors (Lipinski definition) is 2. The normalized spacial score (nSPS) is 10.6. The second kappa shape index (κ2) is 8.70. The molecule has 7 heteroatoms. The van der Waals surface area contributed by atoms with E-state index in [-0.39, 0.29) is 11.4 Å². The number of nitrogens with zero attached hydrogens (tertiary/aromatic N) is 1. The number of carbonyl (C=O) groups excluding carboxylic acids is 2. The Morgan fingerprint density at radius 3 is 2.58 bits per heavy atom. The number of hydrogen-bond acceptors (Lipinski definition) is 5. The summed E-state index contributed by atoms with van der Waals surface area (Å²) < 4.78 is 5.06. The van der Waals surface area contributed by atoms with Gasteiger partial charge in [0.05, 0.1) is 12.1 Å². The third-order valence-corrected chi connectivity index (χ3v) is 3.72. The summed E-state index contributed by atoms with van der Waals surface area (Å²) in [6, 6.07) is 13.3. The van der Waals surface area contributed by atoms with E-state index in [2.05, 4.69) is 10.6 Å². The number of methoxy groups -OCH3 is 1. The Morgan fingerprint density at radius 2 is 1.96 bits per heavy atom. The fourth-order valence-electron chi connectivity index (χ4n) is 2.07. The maximum Gasteiger partial charge on any atom is 0.267 e. The predicted octanol–water partition coefficient (Wildman–Crippen LogP) is 4.01. The van der Waals surface area contributed by atoms with Crippen LogP contribution in [0.3, 0.4) is 0 Å². The highest BCUT2D eigenvalue weighted by Crippen LogP contribution is 2.27. The van der Waals surface area contributed by atoms with Crippen molar-refractivity contribution in [2.24, 2.45) is 0 Å². The molecule has 0 aromatic heterocycles. The Kier molecular flexibility index (Phi) is 6.36. The van der Waals surface area contributed by atoms with Gasteiger partial charge >= 0.3 is 0 Å². The van der Waals surface area contributed by atoms with Crippen molar-refractivity contribution in [3.05, 3.63) is 64.8 Å². The highest BCUT2D eigenvalue weighted by Gasteiger charge is 2.10. The molecule has 0 aliphatic heterocycles. The molecule has 0 unspecified atom stereocenters. The maximum atomic E-state index is 12.2. The van der Waals surface area contributed by atoms with Gasteiger partial charge in [-0.3, -0.25) is 9.59 Å². The Hall–Kier alpha value is -3.30. The van der Waals surface area contributed by atoms with E-state index in [1.54, 1.807) is 42.5 Å². The van der Waals surface area contributed by atoms with Gasteiger partial charge in [-0.2, -0.15) is 5.26 Å². The van der Waals surface area contributed by atoms with Crippen molar-refractivity contribution in [3.63, 3.8) is 0 Å². The summed E-state index contributed by atoms with van der Waals surface area (Å²) in [6.07, 6.45) is 1.28. The number of nitrogens with one attached hydrogen (secondary N) is 2. The molecule has 2 aromatic rings. The molecule has 2 aromatic carbocycles. The van der Waals surface area contributed by atoms with Gasteiger partial charge in [0.25, 0.3) is 5.91 Å². The number of ether oxygens (including phenoxy) is 1. The summed E-state index contributed by atoms with van der Waals surface area (Å²) in [7, 11) is 1.51. The van der Waals surface area contributed by atoms with Crippen LogP contribution in [0.2, 0.25) is 5.02 Å². The molecular formula is C19H16ClN3O3. The van der Waals surface area contributed by atoms with Gasteiger partial charge in [0.1, 0.15) is 17.4 Å². The van der Waals surface area contributed by atoms with Gasteiger partial charge < -0.3 is 15.4 Å². The first-order chi connectivity index (χ1) is 12.4. The second-order valence-electron chi connectivity index (χ2n) is 5.25. The van der Waals surface area contributed by atoms with E-state index in [9.17, 15) is 14.9 Å². The molecule has 2 rings (SSSR count). The van der Waals surface area contributed by atoms with E-state index in [1.165, 1.54) is 20.2 Å². The lowest BCUT2D eigenvalue weighted by Crippen LogP contribution is -2.14. The first kappa shape index (κ1) is 19.0. The zero-order valence-electron chi connectivity index (χ0n) is 14.2. The Balaban J connectivity index is 2.12. The van der Waals surface area contributed by atoms with Crippen LogP contribution < -0.4 is 15.4 Å². The Bertz CT molecular complexity index is 916. The van der Waals surface area contributed by atoms with Crippen molar-refractivity contribution < 1.29 is 14.3 Å². The summed E-state index contributed by atoms with van der Waals surface area (Å²) >= 11 is 6.03. The Labute approximate surface area is 156 Å². The average molecular weight is 370 g/mol. The highest BCUT2D eigenvalue weighted by molar-refractivity contribution is 6.32. The van der Waals surface area contributed by atoms with Gasteiger partial charge in [-0.25, -0.2) is 0 Å². The van der Waals surface area contributed by atoms with E-state index in [4.69, 9.17) is 16.3 Å². The van der Waals surface area contributed by atoms with Crippen LogP contribution in [0.5, 0.6) is 5.75 Å². The van der Waals surface area contributed by atoms with Crippen LogP contribution in [0.25, 0.3) is 0 Å². The molecule has 2 N–H and O–H groups in total. The number of nitriles is 1. The standard InChI is InChI=1S/C19H16ClN3O3/c1-12(24)13-4-3-5-16(8-13)23-19(25)14(10-21)11-22-15-6-7-18(26-2)17(20)9-15/h3-9,11,22H,1-2H3,(H,23,25)/b14-11-. The highest BCUT2D eigenvalue weighted by atomic mass is 35.5. The van der Waals surface area contributed by atoms with Crippen molar-refractivity contribution in [1.82, 2.24) is 0 Å². The van der Waals surface area contributed by atoms with E-state index in [1.807, 2.05) is 6.07 Å². The van der Waals surface area contributed by atoms with E-state index in [0.29, 0.717) is 27.7 Å². The molecule has 0 heterocycles. The van der Waals surface area contributed by atoms with Crippen LogP contribution in [-0.4, -0.2) is 18.8 Å². The molecule has 0 aliphatic carbocycles. The number of halogens is 1. The van der Waals surface area contributed by atoms with Crippen LogP contribution in [0.15, 0.2) is 54.2 Å². The van der Waals surface area contributed by atoms with Crippen LogP contribution in [0, 0.1) is 11.3 Å². The lowest BCUT2D eigenvalue weighted by Gasteiger charge is -2.08. The molecule has 26 heavy (non-hydrogen) atoms. The fraction of sp³-hybridized carbons (Fsp3) is 0.105. The summed E-state index contributed by atoms with van der Waals surface area (Å²) in [6.45, 7) is 1.44. The quantitative estimate of drug-likeness (QED) is 0.456. The van der Waals surface area contributed by atoms with Crippen molar-refractivity contribution >= 4 is 34.7 Å². The minimum Gasteiger partial charge on any atom is -0.495 e. The smallest absolute Gasteiger partial charge is 0.267 e. The van der Waals surface area contributed by atoms with Crippen molar-refractivity contribution in [1.29, 1.82) is 5.26 Å². The third kappa shape index (κ3) is 4.85. The molecule has 0 aliphatic rings. The maximum absolute atomic E-state index is 12.2. The number of rotatable bonds is 6. The average Bonchev–Trinajstić information content (AvgIpc) is 2.62. The second-order valence-corrected chi connectivity index (χ2v) is 5.66. The van der Waals surface area contributed by atoms with Gasteiger partial charge in [0.2, 0.25) is 0 Å². The van der Waals surface area contributed by atoms with Crippen molar-refractivity contribution in [2.75, 3.05) is 17.7 Å². The first-order valence-electron chi connectivity index (χ1n) is 7.57. The number of ketones is 1. The van der Waals surface area contributed by atoms with Crippen LogP contribution >= 0.6 is 11.6 Å².